The summed E-state index contributed by atoms with van der Waals surface area (Å²) in [6.07, 6.45) is 0. The van der Waals surface area contributed by atoms with Crippen molar-refractivity contribution in [2.45, 2.75) is 0 Å². The second kappa shape index (κ2) is 2.63. The summed E-state index contributed by atoms with van der Waals surface area (Å²) in [7, 11) is 2.62. The Balaban J connectivity index is 2.18. The Bertz CT molecular complexity index is 37.2. The van der Waals surface area contributed by atoms with Crippen LogP contribution in [0.2, 0.25) is 0 Å². The molecule has 0 unspecified atom stereocenters. The minimum atomic E-state index is -0.176. The molecule has 0 aromatic heterocycles. The summed E-state index contributed by atoms with van der Waals surface area (Å²) in [6, 6.07) is 0. The number of hydrogen-bond acceptors (Lipinski definition) is 0. The molecular weight excluding hydrogens is 176 g/mol. The van der Waals surface area contributed by atoms with Gasteiger partial charge in [0, 0.05) is 17.1 Å². The van der Waals surface area contributed by atoms with Crippen LogP contribution in [-0.2, 0) is 0 Å². The molecule has 0 saturated carbocycles. The number of rotatable bonds is 0. The first-order valence-corrected chi connectivity index (χ1v) is 22.8. The number of halogens is 1. The van der Waals surface area contributed by atoms with Crippen molar-refractivity contribution in [3.8, 4) is 0 Å². The molecule has 0 N–H and O–H groups in total. The van der Waals surface area contributed by atoms with Gasteiger partial charge in [-0.1, -0.05) is 0 Å². The molecule has 0 aliphatic carbocycles. The molecule has 0 aromatic carbocycles. The van der Waals surface area contributed by atoms with Crippen molar-refractivity contribution in [1.82, 2.24) is 0 Å². The van der Waals surface area contributed by atoms with Crippen LogP contribution < -0.4 is 0 Å². The molecule has 0 aromatic rings. The first-order valence-electron chi connectivity index (χ1n) is 2.53. The topological polar surface area (TPSA) is 0 Å². The molecule has 0 atom stereocenters. The third-order valence-electron chi connectivity index (χ3n) is 1.28. The van der Waals surface area contributed by atoms with Crippen LogP contribution >= 0.6 is 11.1 Å². The predicted molar refractivity (Wildman–Crippen MR) is 47.2 cm³/mol. The van der Waals surface area contributed by atoms with Gasteiger partial charge in [0.25, 0.3) is 0 Å². The van der Waals surface area contributed by atoms with Crippen LogP contribution in [0.25, 0.3) is 0 Å². The summed E-state index contributed by atoms with van der Waals surface area (Å²) in [5.41, 5.74) is 0. The second-order valence-corrected chi connectivity index (χ2v) is 50.8. The van der Waals surface area contributed by atoms with Gasteiger partial charge in [0.2, 0.25) is 0 Å². The lowest BCUT2D eigenvalue weighted by atomic mass is 26.4. The van der Waals surface area contributed by atoms with E-state index in [0.29, 0.717) is 17.1 Å². The molecule has 36 valence electrons. The Morgan fingerprint density at radius 2 is 1.67 bits per heavy atom. The van der Waals surface area contributed by atoms with E-state index >= 15 is 0 Å². The molecule has 6 heteroatoms. The molecule has 1 rings (SSSR count). The van der Waals surface area contributed by atoms with Crippen LogP contribution in [0.5, 0.6) is 0 Å². The summed E-state index contributed by atoms with van der Waals surface area (Å²) in [4.78, 5) is 0. The zero-order valence-electron chi connectivity index (χ0n) is 3.78. The Kier molecular flexibility index (Phi) is 2.41. The molecule has 0 radical (unpaired) electrons. The summed E-state index contributed by atoms with van der Waals surface area (Å²) in [5.74, 6) is 0. The van der Waals surface area contributed by atoms with Gasteiger partial charge in [-0.05, 0) is 17.1 Å². The van der Waals surface area contributed by atoms with Crippen LogP contribution in [0, 0.1) is 0 Å². The third kappa shape index (κ3) is 1.47. The van der Waals surface area contributed by atoms with E-state index in [1.165, 1.54) is 0 Å². The fourth-order valence-corrected chi connectivity index (χ4v) is 213. The van der Waals surface area contributed by atoms with Crippen molar-refractivity contribution in [3.05, 3.63) is 0 Å². The molecule has 0 amide bonds. The van der Waals surface area contributed by atoms with Crippen LogP contribution in [0.1, 0.15) is 0 Å². The monoisotopic (exact) mass is 184 g/mol. The highest BCUT2D eigenvalue weighted by atomic mass is 35.6. The van der Waals surface area contributed by atoms with Crippen molar-refractivity contribution in [1.29, 1.82) is 0 Å². The molecule has 0 spiro atoms. The molecule has 1 aliphatic heterocycles. The quantitative estimate of drug-likeness (QED) is 0.270. The summed E-state index contributed by atoms with van der Waals surface area (Å²) in [5, 5.41) is 0. The molecule has 6 heavy (non-hydrogen) atoms. The van der Waals surface area contributed by atoms with Gasteiger partial charge < -0.3 is 0 Å². The molecule has 0 bridgehead atoms. The Hall–Kier alpha value is 1.37. The lowest BCUT2D eigenvalue weighted by Gasteiger charge is -1.84. The zero-order chi connectivity index (χ0) is 4.41. The average molecular weight is 185 g/mol. The molecule has 1 heterocycles. The maximum absolute atomic E-state index is 6.04. The fourth-order valence-electron chi connectivity index (χ4n) is 0.876. The van der Waals surface area contributed by atoms with Gasteiger partial charge in [0.1, 0.15) is 7.14 Å². The highest BCUT2D eigenvalue weighted by Gasteiger charge is 2.14. The smallest absolute Gasteiger partial charge is 0.104 e. The highest BCUT2D eigenvalue weighted by Crippen LogP contribution is 1.86. The highest BCUT2D eigenvalue weighted by molar-refractivity contribution is 7.88. The normalized spacial score (nSPS) is 50.5. The third-order valence-corrected chi connectivity index (χ3v) is 104. The standard InChI is InChI=1S/ClH9Si5/c1-6-4-2-3-5-6/h6H,2-5H2. The predicted octanol–water partition coefficient (Wildman–Crippen LogP) is -3.62. The van der Waals surface area contributed by atoms with E-state index in [1.54, 1.807) is 0 Å². The van der Waals surface area contributed by atoms with Crippen LogP contribution in [0.15, 0.2) is 0 Å². The van der Waals surface area contributed by atoms with Crippen molar-refractivity contribution in [2.24, 2.45) is 0 Å². The molecule has 1 aliphatic rings. The van der Waals surface area contributed by atoms with E-state index < -0.39 is 0 Å². The average Bonchev–Trinajstić information content (AvgIpc) is 1.86. The zero-order valence-corrected chi connectivity index (χ0v) is 11.4. The van der Waals surface area contributed by atoms with E-state index in [0.717, 1.165) is 17.1 Å². The van der Waals surface area contributed by atoms with Gasteiger partial charge in [0.05, 0.1) is 0 Å². The fraction of sp³-hybridized carbons (Fsp3) is 0. The van der Waals surface area contributed by atoms with Crippen molar-refractivity contribution < 1.29 is 0 Å². The first-order chi connectivity index (χ1) is 2.89. The maximum Gasteiger partial charge on any atom is 0.104 e. The van der Waals surface area contributed by atoms with Gasteiger partial charge in [-0.3, -0.25) is 0 Å². The minimum Gasteiger partial charge on any atom is -0.180 e. The van der Waals surface area contributed by atoms with Gasteiger partial charge in [-0.25, -0.2) is 0 Å². The largest absolute Gasteiger partial charge is 0.180 e. The summed E-state index contributed by atoms with van der Waals surface area (Å²) in [6.45, 7) is 0. The van der Waals surface area contributed by atoms with Gasteiger partial charge in [-0.2, -0.15) is 11.1 Å². The second-order valence-electron chi connectivity index (χ2n) is 1.88. The van der Waals surface area contributed by atoms with E-state index in [2.05, 4.69) is 0 Å². The van der Waals surface area contributed by atoms with Crippen molar-refractivity contribution >= 4 is 52.4 Å². The van der Waals surface area contributed by atoms with Gasteiger partial charge in [-0.15, -0.1) is 0 Å². The van der Waals surface area contributed by atoms with E-state index in [-0.39, 0.29) is 7.14 Å². The minimum absolute atomic E-state index is 0.176. The van der Waals surface area contributed by atoms with Crippen LogP contribution in [-0.4, -0.2) is 41.4 Å². The first kappa shape index (κ1) is 5.51. The summed E-state index contributed by atoms with van der Waals surface area (Å²) < 4.78 is 0. The van der Waals surface area contributed by atoms with E-state index in [4.69, 9.17) is 11.1 Å². The maximum atomic E-state index is 6.04. The van der Waals surface area contributed by atoms with E-state index in [1.807, 2.05) is 0 Å². The van der Waals surface area contributed by atoms with Crippen molar-refractivity contribution in [3.63, 3.8) is 0 Å². The van der Waals surface area contributed by atoms with Crippen LogP contribution in [0.4, 0.5) is 0 Å². The Labute approximate surface area is 52.6 Å². The lowest BCUT2D eigenvalue weighted by molar-refractivity contribution is 3.91. The molecule has 0 nitrogen and oxygen atoms in total. The molecular formula is H9ClSi5. The molecule has 1 fully saturated rings. The Morgan fingerprint density at radius 3 is 1.83 bits per heavy atom. The summed E-state index contributed by atoms with van der Waals surface area (Å²) >= 11 is 6.04. The number of hydrogen-bond donors (Lipinski definition) is 0. The van der Waals surface area contributed by atoms with Gasteiger partial charge >= 0.3 is 0 Å². The van der Waals surface area contributed by atoms with E-state index in [9.17, 15) is 0 Å². The van der Waals surface area contributed by atoms with Gasteiger partial charge in [0.15, 0.2) is 0 Å². The lowest BCUT2D eigenvalue weighted by Crippen LogP contribution is -2.15. The molecule has 1 saturated heterocycles. The van der Waals surface area contributed by atoms with Crippen LogP contribution in [0.3, 0.4) is 0 Å². The SMILES string of the molecule is Cl[SiH]1[SiH2][SiH2][SiH2][SiH2]1. The van der Waals surface area contributed by atoms with Crippen molar-refractivity contribution in [2.75, 3.05) is 0 Å². The Morgan fingerprint density at radius 1 is 1.17 bits per heavy atom.